The Bertz CT molecular complexity index is 805. The van der Waals surface area contributed by atoms with Crippen LogP contribution in [-0.4, -0.2) is 51.6 Å². The van der Waals surface area contributed by atoms with Gasteiger partial charge in [-0.15, -0.1) is 0 Å². The van der Waals surface area contributed by atoms with E-state index < -0.39 is 29.7 Å². The molecule has 0 heterocycles. The number of aromatic hydroxyl groups is 1. The Morgan fingerprint density at radius 1 is 1.06 bits per heavy atom. The van der Waals surface area contributed by atoms with E-state index in [2.05, 4.69) is 10.6 Å². The quantitative estimate of drug-likeness (QED) is 0.480. The second-order valence-corrected chi connectivity index (χ2v) is 9.53. The average molecular weight is 464 g/mol. The first kappa shape index (κ1) is 28.3. The molecule has 0 aliphatic rings. The summed E-state index contributed by atoms with van der Waals surface area (Å²) in [6, 6.07) is 4.08. The second-order valence-electron chi connectivity index (χ2n) is 9.53. The Kier molecular flexibility index (Phi) is 10.7. The number of alkyl carbamates (subject to hydrolysis) is 1. The third-order valence-corrected chi connectivity index (χ3v) is 5.29. The van der Waals surface area contributed by atoms with Crippen molar-refractivity contribution in [3.8, 4) is 5.75 Å². The van der Waals surface area contributed by atoms with Crippen molar-refractivity contribution in [2.75, 3.05) is 0 Å². The summed E-state index contributed by atoms with van der Waals surface area (Å²) in [6.45, 7) is 14.5. The van der Waals surface area contributed by atoms with E-state index in [1.807, 2.05) is 27.7 Å². The number of hydrogen-bond donors (Lipinski definition) is 3. The van der Waals surface area contributed by atoms with Crippen LogP contribution in [0.5, 0.6) is 5.75 Å². The van der Waals surface area contributed by atoms with E-state index >= 15 is 0 Å². The normalized spacial score (nSPS) is 15.0. The summed E-state index contributed by atoms with van der Waals surface area (Å²) >= 11 is 0. The molecule has 4 atom stereocenters. The van der Waals surface area contributed by atoms with Crippen LogP contribution in [0.15, 0.2) is 24.3 Å². The number of nitrogens with zero attached hydrogens (tertiary/aromatic N) is 1. The van der Waals surface area contributed by atoms with Gasteiger partial charge in [0.2, 0.25) is 11.8 Å². The number of hydrogen-bond acceptors (Lipinski definition) is 5. The maximum atomic E-state index is 13.6. The molecule has 3 amide bonds. The van der Waals surface area contributed by atoms with E-state index in [4.69, 9.17) is 4.74 Å². The Morgan fingerprint density at radius 3 is 2.18 bits per heavy atom. The number of phenolic OH excluding ortho intramolecular Hbond substituents is 1. The summed E-state index contributed by atoms with van der Waals surface area (Å²) in [6.07, 6.45) is 1.54. The molecule has 0 bridgehead atoms. The van der Waals surface area contributed by atoms with E-state index in [9.17, 15) is 19.5 Å². The molecular formula is C25H41N3O5. The van der Waals surface area contributed by atoms with Crippen LogP contribution in [0.1, 0.15) is 86.3 Å². The first-order valence-corrected chi connectivity index (χ1v) is 11.7. The molecule has 1 rings (SSSR count). The highest BCUT2D eigenvalue weighted by Crippen LogP contribution is 2.32. The minimum Gasteiger partial charge on any atom is -0.508 e. The first-order valence-electron chi connectivity index (χ1n) is 11.7. The Labute approximate surface area is 198 Å². The lowest BCUT2D eigenvalue weighted by molar-refractivity contribution is -0.145. The predicted molar refractivity (Wildman–Crippen MR) is 129 cm³/mol. The van der Waals surface area contributed by atoms with Crippen molar-refractivity contribution >= 4 is 17.9 Å². The summed E-state index contributed by atoms with van der Waals surface area (Å²) in [7, 11) is 0. The molecule has 186 valence electrons. The summed E-state index contributed by atoms with van der Waals surface area (Å²) in [5.74, 6) is -0.896. The zero-order chi connectivity index (χ0) is 25.3. The summed E-state index contributed by atoms with van der Waals surface area (Å²) < 4.78 is 5.28. The van der Waals surface area contributed by atoms with Crippen molar-refractivity contribution in [2.45, 2.75) is 104 Å². The zero-order valence-corrected chi connectivity index (χ0v) is 21.3. The number of benzene rings is 1. The summed E-state index contributed by atoms with van der Waals surface area (Å²) in [5, 5.41) is 16.1. The molecular weight excluding hydrogens is 422 g/mol. The molecule has 8 nitrogen and oxygen atoms in total. The van der Waals surface area contributed by atoms with Gasteiger partial charge in [-0.3, -0.25) is 9.59 Å². The molecule has 1 aromatic carbocycles. The molecule has 0 aromatic heterocycles. The van der Waals surface area contributed by atoms with Gasteiger partial charge >= 0.3 is 6.09 Å². The molecule has 0 fully saturated rings. The van der Waals surface area contributed by atoms with Crippen LogP contribution < -0.4 is 10.6 Å². The van der Waals surface area contributed by atoms with Gasteiger partial charge in [0, 0.05) is 17.6 Å². The van der Waals surface area contributed by atoms with Gasteiger partial charge in [0.25, 0.3) is 0 Å². The van der Waals surface area contributed by atoms with Crippen molar-refractivity contribution in [3.63, 3.8) is 0 Å². The van der Waals surface area contributed by atoms with Gasteiger partial charge in [0.1, 0.15) is 23.4 Å². The highest BCUT2D eigenvalue weighted by molar-refractivity contribution is 5.92. The summed E-state index contributed by atoms with van der Waals surface area (Å²) in [4.78, 5) is 40.7. The SMILES string of the molecule is CCCC(C)NC(=O)C(c1ccccc1O)N(C(=O)C(C)NC(=O)OC(C)(C)C)C(C)CC. The molecule has 0 aliphatic carbocycles. The molecule has 3 N–H and O–H groups in total. The smallest absolute Gasteiger partial charge is 0.408 e. The largest absolute Gasteiger partial charge is 0.508 e. The molecule has 0 saturated heterocycles. The lowest BCUT2D eigenvalue weighted by Gasteiger charge is -2.38. The number of nitrogens with one attached hydrogen (secondary N) is 2. The Morgan fingerprint density at radius 2 is 1.67 bits per heavy atom. The van der Waals surface area contributed by atoms with E-state index in [1.54, 1.807) is 45.9 Å². The van der Waals surface area contributed by atoms with Crippen LogP contribution in [-0.2, 0) is 14.3 Å². The van der Waals surface area contributed by atoms with Gasteiger partial charge < -0.3 is 25.4 Å². The van der Waals surface area contributed by atoms with Gasteiger partial charge in [-0.25, -0.2) is 4.79 Å². The van der Waals surface area contributed by atoms with Crippen LogP contribution in [0.2, 0.25) is 0 Å². The molecule has 33 heavy (non-hydrogen) atoms. The number of amides is 3. The fraction of sp³-hybridized carbons (Fsp3) is 0.640. The van der Waals surface area contributed by atoms with Gasteiger partial charge in [-0.05, 0) is 60.5 Å². The minimum atomic E-state index is -1.06. The fourth-order valence-electron chi connectivity index (χ4n) is 3.53. The first-order chi connectivity index (χ1) is 15.3. The van der Waals surface area contributed by atoms with Crippen molar-refractivity contribution in [2.24, 2.45) is 0 Å². The Balaban J connectivity index is 3.37. The molecule has 4 unspecified atom stereocenters. The molecule has 0 radical (unpaired) electrons. The standard InChI is InChI=1S/C25H41N3O5/c1-9-13-16(3)26-22(30)21(19-14-11-12-15-20(19)29)28(17(4)10-2)23(31)18(5)27-24(32)33-25(6,7)8/h11-12,14-18,21,29H,9-10,13H2,1-8H3,(H,26,30)(H,27,32). The highest BCUT2D eigenvalue weighted by Gasteiger charge is 2.38. The number of para-hydroxylation sites is 1. The highest BCUT2D eigenvalue weighted by atomic mass is 16.6. The number of carbonyl (C=O) groups is 3. The van der Waals surface area contributed by atoms with Crippen LogP contribution in [0.4, 0.5) is 4.79 Å². The monoisotopic (exact) mass is 463 g/mol. The summed E-state index contributed by atoms with van der Waals surface area (Å²) in [5.41, 5.74) is -0.381. The van der Waals surface area contributed by atoms with Gasteiger partial charge in [-0.2, -0.15) is 0 Å². The Hall–Kier alpha value is -2.77. The van der Waals surface area contributed by atoms with Crippen molar-refractivity contribution in [3.05, 3.63) is 29.8 Å². The average Bonchev–Trinajstić information content (AvgIpc) is 2.70. The molecule has 8 heteroatoms. The molecule has 0 spiro atoms. The third kappa shape index (κ3) is 8.59. The fourth-order valence-corrected chi connectivity index (χ4v) is 3.53. The maximum absolute atomic E-state index is 13.6. The maximum Gasteiger partial charge on any atom is 0.408 e. The van der Waals surface area contributed by atoms with Gasteiger partial charge in [0.15, 0.2) is 0 Å². The molecule has 0 aliphatic heterocycles. The number of ether oxygens (including phenoxy) is 1. The van der Waals surface area contributed by atoms with E-state index in [0.717, 1.165) is 12.8 Å². The van der Waals surface area contributed by atoms with Crippen LogP contribution in [0, 0.1) is 0 Å². The van der Waals surface area contributed by atoms with Gasteiger partial charge in [-0.1, -0.05) is 38.5 Å². The van der Waals surface area contributed by atoms with E-state index in [-0.39, 0.29) is 23.7 Å². The predicted octanol–water partition coefficient (Wildman–Crippen LogP) is 4.28. The van der Waals surface area contributed by atoms with Crippen LogP contribution in [0.25, 0.3) is 0 Å². The van der Waals surface area contributed by atoms with E-state index in [1.165, 1.54) is 11.0 Å². The number of phenols is 1. The van der Waals surface area contributed by atoms with Crippen molar-refractivity contribution in [1.82, 2.24) is 15.5 Å². The molecule has 0 saturated carbocycles. The zero-order valence-electron chi connectivity index (χ0n) is 21.3. The minimum absolute atomic E-state index is 0.0744. The van der Waals surface area contributed by atoms with Crippen molar-refractivity contribution < 1.29 is 24.2 Å². The number of carbonyl (C=O) groups excluding carboxylic acids is 3. The lowest BCUT2D eigenvalue weighted by atomic mass is 9.98. The second kappa shape index (κ2) is 12.5. The lowest BCUT2D eigenvalue weighted by Crippen LogP contribution is -2.55. The van der Waals surface area contributed by atoms with Crippen molar-refractivity contribution in [1.29, 1.82) is 0 Å². The number of rotatable bonds is 10. The van der Waals surface area contributed by atoms with E-state index in [0.29, 0.717) is 12.0 Å². The topological polar surface area (TPSA) is 108 Å². The molecule has 1 aromatic rings. The van der Waals surface area contributed by atoms with Crippen LogP contribution >= 0.6 is 0 Å². The third-order valence-electron chi connectivity index (χ3n) is 5.29. The van der Waals surface area contributed by atoms with Gasteiger partial charge in [0.05, 0.1) is 0 Å². The van der Waals surface area contributed by atoms with Crippen LogP contribution in [0.3, 0.4) is 0 Å².